The highest BCUT2D eigenvalue weighted by Gasteiger charge is 2.16. The van der Waals surface area contributed by atoms with Crippen molar-refractivity contribution in [3.63, 3.8) is 0 Å². The first-order valence-electron chi connectivity index (χ1n) is 5.48. The Morgan fingerprint density at radius 1 is 1.32 bits per heavy atom. The third-order valence-electron chi connectivity index (χ3n) is 2.53. The second-order valence-corrected chi connectivity index (χ2v) is 4.02. The maximum Gasteiger partial charge on any atom is 0.374 e. The van der Waals surface area contributed by atoms with Crippen LogP contribution in [0.25, 0.3) is 10.9 Å². The van der Waals surface area contributed by atoms with Crippen LogP contribution in [0, 0.1) is 0 Å². The van der Waals surface area contributed by atoms with Gasteiger partial charge in [-0.3, -0.25) is 4.79 Å². The number of carboxylic acids is 1. The van der Waals surface area contributed by atoms with E-state index in [0.717, 1.165) is 0 Å². The van der Waals surface area contributed by atoms with E-state index >= 15 is 0 Å². The molecule has 2 aromatic rings. The SMILES string of the molecule is CN(CC(N)=O)c1nc(C(=O)O)nc2ccccc12. The lowest BCUT2D eigenvalue weighted by molar-refractivity contribution is -0.116. The van der Waals surface area contributed by atoms with E-state index in [-0.39, 0.29) is 12.4 Å². The Morgan fingerprint density at radius 2 is 2.00 bits per heavy atom. The van der Waals surface area contributed by atoms with Gasteiger partial charge in [0, 0.05) is 12.4 Å². The number of rotatable bonds is 4. The van der Waals surface area contributed by atoms with Crippen LogP contribution in [0.3, 0.4) is 0 Å². The van der Waals surface area contributed by atoms with E-state index in [1.807, 2.05) is 0 Å². The molecule has 0 saturated carbocycles. The minimum Gasteiger partial charge on any atom is -0.475 e. The van der Waals surface area contributed by atoms with Gasteiger partial charge < -0.3 is 15.7 Å². The molecule has 19 heavy (non-hydrogen) atoms. The quantitative estimate of drug-likeness (QED) is 0.815. The summed E-state index contributed by atoms with van der Waals surface area (Å²) >= 11 is 0. The van der Waals surface area contributed by atoms with E-state index in [9.17, 15) is 9.59 Å². The van der Waals surface area contributed by atoms with Crippen LogP contribution in [-0.4, -0.2) is 40.5 Å². The molecule has 0 fully saturated rings. The van der Waals surface area contributed by atoms with E-state index < -0.39 is 11.9 Å². The summed E-state index contributed by atoms with van der Waals surface area (Å²) in [5, 5.41) is 9.66. The van der Waals surface area contributed by atoms with Crippen LogP contribution in [-0.2, 0) is 4.79 Å². The fourth-order valence-electron chi connectivity index (χ4n) is 1.76. The number of nitrogens with two attached hydrogens (primary N) is 1. The molecular weight excluding hydrogens is 248 g/mol. The van der Waals surface area contributed by atoms with Crippen molar-refractivity contribution in [2.75, 3.05) is 18.5 Å². The smallest absolute Gasteiger partial charge is 0.374 e. The lowest BCUT2D eigenvalue weighted by Crippen LogP contribution is -2.31. The molecule has 0 radical (unpaired) electrons. The Morgan fingerprint density at radius 3 is 2.63 bits per heavy atom. The molecule has 98 valence electrons. The number of amides is 1. The molecule has 7 heteroatoms. The van der Waals surface area contributed by atoms with Crippen molar-refractivity contribution in [3.8, 4) is 0 Å². The van der Waals surface area contributed by atoms with Gasteiger partial charge in [0.15, 0.2) is 0 Å². The number of primary amides is 1. The number of aromatic carboxylic acids is 1. The third kappa shape index (κ3) is 2.59. The van der Waals surface area contributed by atoms with Gasteiger partial charge in [-0.25, -0.2) is 14.8 Å². The number of nitrogens with zero attached hydrogens (tertiary/aromatic N) is 3. The zero-order valence-corrected chi connectivity index (χ0v) is 10.2. The number of anilines is 1. The van der Waals surface area contributed by atoms with Gasteiger partial charge in [-0.15, -0.1) is 0 Å². The van der Waals surface area contributed by atoms with E-state index in [4.69, 9.17) is 10.8 Å². The lowest BCUT2D eigenvalue weighted by Gasteiger charge is -2.18. The first-order valence-corrected chi connectivity index (χ1v) is 5.48. The minimum atomic E-state index is -1.22. The number of hydrogen-bond donors (Lipinski definition) is 2. The Bertz CT molecular complexity index is 656. The number of carboxylic acid groups (broad SMARTS) is 1. The molecular formula is C12H12N4O3. The Labute approximate surface area is 108 Å². The number of benzene rings is 1. The van der Waals surface area contributed by atoms with E-state index in [2.05, 4.69) is 9.97 Å². The molecule has 0 aliphatic rings. The maximum atomic E-state index is 11.0. The number of hydrogen-bond acceptors (Lipinski definition) is 5. The number of likely N-dealkylation sites (N-methyl/N-ethyl adjacent to an activating group) is 1. The Hall–Kier alpha value is -2.70. The average molecular weight is 260 g/mol. The molecule has 0 unspecified atom stereocenters. The summed E-state index contributed by atoms with van der Waals surface area (Å²) in [7, 11) is 1.62. The van der Waals surface area contributed by atoms with Crippen molar-refractivity contribution in [2.24, 2.45) is 5.73 Å². The van der Waals surface area contributed by atoms with Gasteiger partial charge in [-0.1, -0.05) is 12.1 Å². The monoisotopic (exact) mass is 260 g/mol. The third-order valence-corrected chi connectivity index (χ3v) is 2.53. The molecule has 0 aliphatic heterocycles. The molecule has 0 spiro atoms. The Balaban J connectivity index is 2.62. The number of carbonyl (C=O) groups excluding carboxylic acids is 1. The van der Waals surface area contributed by atoms with Crippen LogP contribution >= 0.6 is 0 Å². The van der Waals surface area contributed by atoms with Gasteiger partial charge in [-0.2, -0.15) is 0 Å². The highest BCUT2D eigenvalue weighted by molar-refractivity contribution is 5.94. The van der Waals surface area contributed by atoms with Gasteiger partial charge >= 0.3 is 5.97 Å². The molecule has 1 aromatic heterocycles. The zero-order chi connectivity index (χ0) is 14.0. The predicted octanol–water partition coefficient (Wildman–Crippen LogP) is 0.249. The summed E-state index contributed by atoms with van der Waals surface area (Å²) in [6.07, 6.45) is 0. The first kappa shape index (κ1) is 12.7. The zero-order valence-electron chi connectivity index (χ0n) is 10.2. The van der Waals surface area contributed by atoms with Crippen molar-refractivity contribution in [1.29, 1.82) is 0 Å². The van der Waals surface area contributed by atoms with Crippen molar-refractivity contribution in [3.05, 3.63) is 30.1 Å². The van der Waals surface area contributed by atoms with Crippen LogP contribution in [0.1, 0.15) is 10.6 Å². The predicted molar refractivity (Wildman–Crippen MR) is 69.0 cm³/mol. The highest BCUT2D eigenvalue weighted by atomic mass is 16.4. The Kier molecular flexibility index (Phi) is 3.28. The normalized spacial score (nSPS) is 10.4. The second-order valence-electron chi connectivity index (χ2n) is 4.02. The van der Waals surface area contributed by atoms with Crippen LogP contribution in [0.4, 0.5) is 5.82 Å². The van der Waals surface area contributed by atoms with Crippen LogP contribution in [0.5, 0.6) is 0 Å². The van der Waals surface area contributed by atoms with E-state index in [1.54, 1.807) is 31.3 Å². The molecule has 1 heterocycles. The fourth-order valence-corrected chi connectivity index (χ4v) is 1.76. The molecule has 0 saturated heterocycles. The number of para-hydroxylation sites is 1. The van der Waals surface area contributed by atoms with Gasteiger partial charge in [0.1, 0.15) is 5.82 Å². The minimum absolute atomic E-state index is 0.0555. The lowest BCUT2D eigenvalue weighted by atomic mass is 10.2. The summed E-state index contributed by atoms with van der Waals surface area (Å²) in [6, 6.07) is 6.98. The topological polar surface area (TPSA) is 109 Å². The number of fused-ring (bicyclic) bond motifs is 1. The van der Waals surface area contributed by atoms with Crippen molar-refractivity contribution in [2.45, 2.75) is 0 Å². The average Bonchev–Trinajstić information content (AvgIpc) is 2.36. The van der Waals surface area contributed by atoms with Crippen molar-refractivity contribution < 1.29 is 14.7 Å². The summed E-state index contributed by atoms with van der Waals surface area (Å²) < 4.78 is 0. The molecule has 3 N–H and O–H groups in total. The molecule has 2 rings (SSSR count). The first-order chi connectivity index (χ1) is 8.99. The largest absolute Gasteiger partial charge is 0.475 e. The van der Waals surface area contributed by atoms with Crippen LogP contribution in [0.2, 0.25) is 0 Å². The molecule has 0 bridgehead atoms. The maximum absolute atomic E-state index is 11.0. The number of aromatic nitrogens is 2. The van der Waals surface area contributed by atoms with Crippen molar-refractivity contribution >= 4 is 28.6 Å². The second kappa shape index (κ2) is 4.89. The summed E-state index contributed by atoms with van der Waals surface area (Å²) in [5.74, 6) is -1.70. The van der Waals surface area contributed by atoms with Gasteiger partial charge in [-0.05, 0) is 12.1 Å². The van der Waals surface area contributed by atoms with E-state index in [0.29, 0.717) is 16.7 Å². The van der Waals surface area contributed by atoms with Gasteiger partial charge in [0.05, 0.1) is 12.1 Å². The van der Waals surface area contributed by atoms with E-state index in [1.165, 1.54) is 4.90 Å². The van der Waals surface area contributed by atoms with Gasteiger partial charge in [0.2, 0.25) is 11.7 Å². The molecule has 1 aromatic carbocycles. The van der Waals surface area contributed by atoms with Gasteiger partial charge in [0.25, 0.3) is 0 Å². The van der Waals surface area contributed by atoms with Crippen molar-refractivity contribution in [1.82, 2.24) is 9.97 Å². The summed E-state index contributed by atoms with van der Waals surface area (Å²) in [4.78, 5) is 31.4. The molecule has 7 nitrogen and oxygen atoms in total. The summed E-state index contributed by atoms with van der Waals surface area (Å²) in [5.41, 5.74) is 5.63. The fraction of sp³-hybridized carbons (Fsp3) is 0.167. The number of carbonyl (C=O) groups is 2. The summed E-state index contributed by atoms with van der Waals surface area (Å²) in [6.45, 7) is -0.0555. The molecule has 0 aliphatic carbocycles. The van der Waals surface area contributed by atoms with Crippen LogP contribution < -0.4 is 10.6 Å². The molecule has 1 amide bonds. The highest BCUT2D eigenvalue weighted by Crippen LogP contribution is 2.22. The molecule has 0 atom stereocenters. The standard InChI is InChI=1S/C12H12N4O3/c1-16(6-9(13)17)11-7-4-2-3-5-8(7)14-10(15-11)12(18)19/h2-5H,6H2,1H3,(H2,13,17)(H,18,19). The van der Waals surface area contributed by atoms with Crippen LogP contribution in [0.15, 0.2) is 24.3 Å².